The van der Waals surface area contributed by atoms with E-state index >= 15 is 0 Å². The Kier molecular flexibility index (Phi) is 4.45. The van der Waals surface area contributed by atoms with Gasteiger partial charge < -0.3 is 15.2 Å². The van der Waals surface area contributed by atoms with Gasteiger partial charge >= 0.3 is 5.97 Å². The van der Waals surface area contributed by atoms with E-state index < -0.39 is 5.97 Å². The minimum absolute atomic E-state index is 0.140. The molecule has 1 aromatic carbocycles. The molecule has 0 spiro atoms. The first-order valence-electron chi connectivity index (χ1n) is 7.01. The van der Waals surface area contributed by atoms with Gasteiger partial charge in [0.15, 0.2) is 0 Å². The second-order valence-corrected chi connectivity index (χ2v) is 6.12. The lowest BCUT2D eigenvalue weighted by molar-refractivity contribution is -0.141. The maximum Gasteiger partial charge on any atom is 0.307 e. The standard InChI is InChI=1S/C16H23NO3/c1-16(2,20-3)9-11-5-4-6-12(7-11)14-8-13(10-17-14)15(18)19/h4-7,13-14,17H,8-10H2,1-3H3,(H,18,19). The van der Waals surface area contributed by atoms with E-state index in [-0.39, 0.29) is 17.6 Å². The summed E-state index contributed by atoms with van der Waals surface area (Å²) in [5.74, 6) is -0.990. The van der Waals surface area contributed by atoms with E-state index in [1.54, 1.807) is 7.11 Å². The molecule has 20 heavy (non-hydrogen) atoms. The predicted molar refractivity (Wildman–Crippen MR) is 77.7 cm³/mol. The first-order chi connectivity index (χ1) is 9.41. The molecule has 0 aliphatic carbocycles. The van der Waals surface area contributed by atoms with Gasteiger partial charge in [0, 0.05) is 26.1 Å². The van der Waals surface area contributed by atoms with Crippen molar-refractivity contribution >= 4 is 5.97 Å². The Bertz CT molecular complexity index is 484. The minimum Gasteiger partial charge on any atom is -0.481 e. The molecule has 0 aromatic heterocycles. The lowest BCUT2D eigenvalue weighted by Crippen LogP contribution is -2.25. The summed E-state index contributed by atoms with van der Waals surface area (Å²) in [6.45, 7) is 4.68. The Labute approximate surface area is 120 Å². The number of hydrogen-bond acceptors (Lipinski definition) is 3. The van der Waals surface area contributed by atoms with Crippen molar-refractivity contribution in [1.29, 1.82) is 0 Å². The van der Waals surface area contributed by atoms with Gasteiger partial charge in [-0.2, -0.15) is 0 Å². The molecule has 4 nitrogen and oxygen atoms in total. The zero-order chi connectivity index (χ0) is 14.8. The Hall–Kier alpha value is -1.39. The van der Waals surface area contributed by atoms with E-state index in [4.69, 9.17) is 9.84 Å². The number of aliphatic carboxylic acids is 1. The predicted octanol–water partition coefficient (Wildman–Crippen LogP) is 2.39. The third-order valence-corrected chi connectivity index (χ3v) is 4.02. The summed E-state index contributed by atoms with van der Waals surface area (Å²) in [7, 11) is 1.72. The maximum atomic E-state index is 11.0. The summed E-state index contributed by atoms with van der Waals surface area (Å²) in [5.41, 5.74) is 2.19. The van der Waals surface area contributed by atoms with Crippen molar-refractivity contribution < 1.29 is 14.6 Å². The second-order valence-electron chi connectivity index (χ2n) is 6.12. The van der Waals surface area contributed by atoms with Crippen molar-refractivity contribution in [3.05, 3.63) is 35.4 Å². The van der Waals surface area contributed by atoms with Crippen LogP contribution < -0.4 is 5.32 Å². The molecule has 0 bridgehead atoms. The Morgan fingerprint density at radius 2 is 2.25 bits per heavy atom. The Morgan fingerprint density at radius 1 is 1.50 bits per heavy atom. The summed E-state index contributed by atoms with van der Waals surface area (Å²) in [6.07, 6.45) is 1.50. The van der Waals surface area contributed by atoms with Crippen LogP contribution in [0.4, 0.5) is 0 Å². The highest BCUT2D eigenvalue weighted by Crippen LogP contribution is 2.28. The number of benzene rings is 1. The fourth-order valence-electron chi connectivity index (χ4n) is 2.66. The van der Waals surface area contributed by atoms with Crippen molar-refractivity contribution in [2.24, 2.45) is 5.92 Å². The highest BCUT2D eigenvalue weighted by atomic mass is 16.5. The van der Waals surface area contributed by atoms with E-state index in [1.807, 2.05) is 6.07 Å². The van der Waals surface area contributed by atoms with Gasteiger partial charge in [0.1, 0.15) is 0 Å². The molecule has 1 fully saturated rings. The molecule has 0 amide bonds. The normalized spacial score (nSPS) is 22.9. The molecule has 4 heteroatoms. The topological polar surface area (TPSA) is 58.6 Å². The molecule has 0 saturated carbocycles. The molecule has 1 aliphatic rings. The highest BCUT2D eigenvalue weighted by Gasteiger charge is 2.30. The molecular formula is C16H23NO3. The number of carboxylic acids is 1. The third kappa shape index (κ3) is 3.58. The van der Waals surface area contributed by atoms with Gasteiger partial charge in [-0.15, -0.1) is 0 Å². The SMILES string of the molecule is COC(C)(C)Cc1cccc(C2CC(C(=O)O)CN2)c1. The smallest absolute Gasteiger partial charge is 0.307 e. The fourth-order valence-corrected chi connectivity index (χ4v) is 2.66. The van der Waals surface area contributed by atoms with E-state index in [9.17, 15) is 4.79 Å². The third-order valence-electron chi connectivity index (χ3n) is 4.02. The van der Waals surface area contributed by atoms with Crippen LogP contribution in [-0.4, -0.2) is 30.3 Å². The summed E-state index contributed by atoms with van der Waals surface area (Å²) >= 11 is 0. The van der Waals surface area contributed by atoms with Gasteiger partial charge in [0.25, 0.3) is 0 Å². The van der Waals surface area contributed by atoms with Crippen molar-refractivity contribution in [1.82, 2.24) is 5.32 Å². The van der Waals surface area contributed by atoms with Crippen LogP contribution in [0.25, 0.3) is 0 Å². The van der Waals surface area contributed by atoms with Crippen molar-refractivity contribution in [3.63, 3.8) is 0 Å². The number of nitrogens with one attached hydrogen (secondary N) is 1. The van der Waals surface area contributed by atoms with Crippen LogP contribution in [0, 0.1) is 5.92 Å². The van der Waals surface area contributed by atoms with E-state index in [0.29, 0.717) is 13.0 Å². The van der Waals surface area contributed by atoms with Gasteiger partial charge in [-0.05, 0) is 31.4 Å². The summed E-state index contributed by atoms with van der Waals surface area (Å²) in [4.78, 5) is 11.0. The van der Waals surface area contributed by atoms with E-state index in [2.05, 4.69) is 37.4 Å². The number of carboxylic acid groups (broad SMARTS) is 1. The molecule has 1 heterocycles. The van der Waals surface area contributed by atoms with Gasteiger partial charge in [0.2, 0.25) is 0 Å². The number of ether oxygens (including phenoxy) is 1. The molecule has 110 valence electrons. The number of carbonyl (C=O) groups is 1. The largest absolute Gasteiger partial charge is 0.481 e. The number of rotatable bonds is 5. The molecule has 1 aliphatic heterocycles. The van der Waals surface area contributed by atoms with E-state index in [0.717, 1.165) is 12.0 Å². The molecule has 2 atom stereocenters. The van der Waals surface area contributed by atoms with Gasteiger partial charge in [-0.3, -0.25) is 4.79 Å². The average molecular weight is 277 g/mol. The zero-order valence-corrected chi connectivity index (χ0v) is 12.3. The quantitative estimate of drug-likeness (QED) is 0.867. The maximum absolute atomic E-state index is 11.0. The molecule has 1 saturated heterocycles. The van der Waals surface area contributed by atoms with Crippen molar-refractivity contribution in [2.75, 3.05) is 13.7 Å². The Balaban J connectivity index is 2.09. The first kappa shape index (κ1) is 15.0. The number of hydrogen-bond donors (Lipinski definition) is 2. The number of methoxy groups -OCH3 is 1. The average Bonchev–Trinajstić information content (AvgIpc) is 2.88. The Morgan fingerprint density at radius 3 is 2.85 bits per heavy atom. The van der Waals surface area contributed by atoms with Crippen molar-refractivity contribution in [3.8, 4) is 0 Å². The second kappa shape index (κ2) is 5.94. The van der Waals surface area contributed by atoms with E-state index in [1.165, 1.54) is 5.56 Å². The molecule has 0 radical (unpaired) electrons. The van der Waals surface area contributed by atoms with Gasteiger partial charge in [-0.25, -0.2) is 0 Å². The molecule has 1 aromatic rings. The fraction of sp³-hybridized carbons (Fsp3) is 0.562. The van der Waals surface area contributed by atoms with Crippen LogP contribution >= 0.6 is 0 Å². The van der Waals surface area contributed by atoms with Crippen molar-refractivity contribution in [2.45, 2.75) is 38.3 Å². The van der Waals surface area contributed by atoms with Gasteiger partial charge in [0.05, 0.1) is 11.5 Å². The first-order valence-corrected chi connectivity index (χ1v) is 7.01. The molecule has 2 N–H and O–H groups in total. The van der Waals surface area contributed by atoms with Crippen LogP contribution in [0.15, 0.2) is 24.3 Å². The van der Waals surface area contributed by atoms with Crippen LogP contribution in [0.5, 0.6) is 0 Å². The van der Waals surface area contributed by atoms with Crippen LogP contribution in [0.1, 0.15) is 37.4 Å². The van der Waals surface area contributed by atoms with Gasteiger partial charge in [-0.1, -0.05) is 24.3 Å². The highest BCUT2D eigenvalue weighted by molar-refractivity contribution is 5.70. The summed E-state index contributed by atoms with van der Waals surface area (Å²) in [6, 6.07) is 8.48. The van der Waals surface area contributed by atoms with Crippen LogP contribution in [0.3, 0.4) is 0 Å². The summed E-state index contributed by atoms with van der Waals surface area (Å²) < 4.78 is 5.46. The molecule has 2 unspecified atom stereocenters. The lowest BCUT2D eigenvalue weighted by Gasteiger charge is -2.23. The minimum atomic E-state index is -0.711. The zero-order valence-electron chi connectivity index (χ0n) is 12.3. The van der Waals surface area contributed by atoms with Crippen LogP contribution in [-0.2, 0) is 16.0 Å². The van der Waals surface area contributed by atoms with Crippen LogP contribution in [0.2, 0.25) is 0 Å². The monoisotopic (exact) mass is 277 g/mol. The molecule has 2 rings (SSSR count). The summed E-state index contributed by atoms with van der Waals surface area (Å²) in [5, 5.41) is 12.4. The lowest BCUT2D eigenvalue weighted by atomic mass is 9.94. The molecular weight excluding hydrogens is 254 g/mol.